The molecule has 1 heterocycles. The number of hydrogen-bond acceptors (Lipinski definition) is 5. The van der Waals surface area contributed by atoms with E-state index in [2.05, 4.69) is 18.3 Å². The average Bonchev–Trinajstić information content (AvgIpc) is 2.77. The van der Waals surface area contributed by atoms with Crippen molar-refractivity contribution in [2.45, 2.75) is 57.6 Å². The van der Waals surface area contributed by atoms with Gasteiger partial charge in [0.1, 0.15) is 0 Å². The van der Waals surface area contributed by atoms with Crippen molar-refractivity contribution < 1.29 is 19.1 Å². The molecule has 170 valence electrons. The van der Waals surface area contributed by atoms with Gasteiger partial charge in [-0.15, -0.1) is 11.8 Å². The molecule has 3 unspecified atom stereocenters. The summed E-state index contributed by atoms with van der Waals surface area (Å²) in [5, 5.41) is 3.30. The summed E-state index contributed by atoms with van der Waals surface area (Å²) in [7, 11) is 1.87. The van der Waals surface area contributed by atoms with Crippen molar-refractivity contribution in [3.63, 3.8) is 0 Å². The van der Waals surface area contributed by atoms with E-state index < -0.39 is 6.29 Å². The van der Waals surface area contributed by atoms with Crippen LogP contribution in [0.1, 0.15) is 44.2 Å². The third-order valence-corrected chi connectivity index (χ3v) is 7.45. The summed E-state index contributed by atoms with van der Waals surface area (Å²) in [6.45, 7) is 7.29. The first-order valence-electron chi connectivity index (χ1n) is 11.2. The van der Waals surface area contributed by atoms with Crippen molar-refractivity contribution in [1.82, 2.24) is 10.2 Å². The second-order valence-electron chi connectivity index (χ2n) is 8.10. The van der Waals surface area contributed by atoms with Crippen LogP contribution < -0.4 is 5.32 Å². The average molecular weight is 447 g/mol. The Morgan fingerprint density at radius 2 is 1.97 bits per heavy atom. The number of thioether (sulfide) groups is 1. The van der Waals surface area contributed by atoms with Crippen molar-refractivity contribution >= 4 is 29.7 Å². The fourth-order valence-corrected chi connectivity index (χ4v) is 5.76. The van der Waals surface area contributed by atoms with E-state index in [-0.39, 0.29) is 23.8 Å². The summed E-state index contributed by atoms with van der Waals surface area (Å²) in [5.74, 6) is -0.0267. The molecule has 3 atom stereocenters. The lowest BCUT2D eigenvalue weighted by atomic mass is 9.83. The molecule has 1 saturated carbocycles. The zero-order valence-electron chi connectivity index (χ0n) is 18.9. The van der Waals surface area contributed by atoms with Crippen LogP contribution in [0.2, 0.25) is 0 Å². The first-order valence-corrected chi connectivity index (χ1v) is 12.0. The van der Waals surface area contributed by atoms with Crippen LogP contribution >= 0.6 is 11.8 Å². The Morgan fingerprint density at radius 1 is 1.26 bits per heavy atom. The summed E-state index contributed by atoms with van der Waals surface area (Å²) in [5.41, 5.74) is 2.24. The maximum Gasteiger partial charge on any atom is 0.260 e. The Morgan fingerprint density at radius 3 is 2.65 bits per heavy atom. The smallest absolute Gasteiger partial charge is 0.260 e. The van der Waals surface area contributed by atoms with Crippen LogP contribution in [0.15, 0.2) is 29.2 Å². The highest BCUT2D eigenvalue weighted by molar-refractivity contribution is 8.04. The van der Waals surface area contributed by atoms with Crippen molar-refractivity contribution in [2.75, 3.05) is 26.8 Å². The van der Waals surface area contributed by atoms with E-state index in [1.165, 1.54) is 0 Å². The monoisotopic (exact) mass is 446 g/mol. The lowest BCUT2D eigenvalue weighted by molar-refractivity contribution is -0.143. The van der Waals surface area contributed by atoms with E-state index in [4.69, 9.17) is 9.47 Å². The number of carbonyl (C=O) groups excluding carboxylic acids is 2. The van der Waals surface area contributed by atoms with Crippen molar-refractivity contribution in [1.29, 1.82) is 0 Å². The Bertz CT molecular complexity index is 807. The highest BCUT2D eigenvalue weighted by atomic mass is 32.2. The second kappa shape index (κ2) is 11.2. The molecule has 6 nitrogen and oxygen atoms in total. The molecule has 2 aliphatic rings. The van der Waals surface area contributed by atoms with Gasteiger partial charge in [0.15, 0.2) is 6.29 Å². The predicted molar refractivity (Wildman–Crippen MR) is 124 cm³/mol. The van der Waals surface area contributed by atoms with Crippen LogP contribution in [0.3, 0.4) is 0 Å². The standard InChI is InChI=1S/C24H34N2O4S/c1-5-29-22(30-6-2)15-25-23(27)18-11-12-20-19(13-18)26(4)24(28)21(31-20)14-17-10-8-7-9-16(17)3/h7-10,14,18-20,22H,5-6,11-13,15H2,1-4H3,(H,25,27)/b21-14-. The molecular weight excluding hydrogens is 412 g/mol. The lowest BCUT2D eigenvalue weighted by Crippen LogP contribution is -2.52. The summed E-state index contributed by atoms with van der Waals surface area (Å²) in [4.78, 5) is 28.4. The summed E-state index contributed by atoms with van der Waals surface area (Å²) in [6.07, 6.45) is 4.02. The van der Waals surface area contributed by atoms with Crippen molar-refractivity contribution in [2.24, 2.45) is 5.92 Å². The van der Waals surface area contributed by atoms with Crippen LogP contribution in [-0.4, -0.2) is 61.1 Å². The molecule has 1 aliphatic heterocycles. The third kappa shape index (κ3) is 5.90. The van der Waals surface area contributed by atoms with Crippen LogP contribution in [0.25, 0.3) is 6.08 Å². The molecule has 0 aromatic heterocycles. The van der Waals surface area contributed by atoms with Gasteiger partial charge < -0.3 is 19.7 Å². The molecule has 2 amide bonds. The Hall–Kier alpha value is -1.83. The van der Waals surface area contributed by atoms with Gasteiger partial charge in [0.05, 0.1) is 11.4 Å². The van der Waals surface area contributed by atoms with Gasteiger partial charge in [0.25, 0.3) is 5.91 Å². The number of amides is 2. The molecule has 0 radical (unpaired) electrons. The van der Waals surface area contributed by atoms with E-state index in [1.54, 1.807) is 11.8 Å². The zero-order chi connectivity index (χ0) is 22.4. The summed E-state index contributed by atoms with van der Waals surface area (Å²) < 4.78 is 11.0. The number of nitrogens with zero attached hydrogens (tertiary/aromatic N) is 1. The van der Waals surface area contributed by atoms with Gasteiger partial charge >= 0.3 is 0 Å². The number of fused-ring (bicyclic) bond motifs is 1. The van der Waals surface area contributed by atoms with Crippen LogP contribution in [0, 0.1) is 12.8 Å². The first kappa shape index (κ1) is 23.8. The molecule has 1 aromatic carbocycles. The fourth-order valence-electron chi connectivity index (χ4n) is 4.29. The number of ether oxygens (including phenoxy) is 2. The van der Waals surface area contributed by atoms with Gasteiger partial charge in [0.2, 0.25) is 5.91 Å². The van der Waals surface area contributed by atoms with Gasteiger partial charge in [-0.1, -0.05) is 24.3 Å². The van der Waals surface area contributed by atoms with Crippen LogP contribution in [0.5, 0.6) is 0 Å². The quantitative estimate of drug-likeness (QED) is 0.488. The lowest BCUT2D eigenvalue weighted by Gasteiger charge is -2.44. The second-order valence-corrected chi connectivity index (χ2v) is 9.38. The minimum Gasteiger partial charge on any atom is -0.351 e. The Balaban J connectivity index is 1.62. The predicted octanol–water partition coefficient (Wildman–Crippen LogP) is 3.59. The van der Waals surface area contributed by atoms with Crippen LogP contribution in [0.4, 0.5) is 0 Å². The number of likely N-dealkylation sites (N-methyl/N-ethyl adjacent to an activating group) is 1. The molecule has 3 rings (SSSR count). The van der Waals surface area contributed by atoms with E-state index in [0.717, 1.165) is 28.9 Å². The molecule has 31 heavy (non-hydrogen) atoms. The minimum atomic E-state index is -0.418. The van der Waals surface area contributed by atoms with Gasteiger partial charge in [-0.05, 0) is 57.2 Å². The number of aryl methyl sites for hydroxylation is 1. The van der Waals surface area contributed by atoms with Gasteiger partial charge in [-0.2, -0.15) is 0 Å². The fraction of sp³-hybridized carbons (Fsp3) is 0.583. The van der Waals surface area contributed by atoms with E-state index in [0.29, 0.717) is 31.4 Å². The molecule has 2 fully saturated rings. The van der Waals surface area contributed by atoms with E-state index in [1.807, 2.05) is 50.1 Å². The Labute approximate surface area is 189 Å². The van der Waals surface area contributed by atoms with Gasteiger partial charge in [0, 0.05) is 37.5 Å². The number of nitrogens with one attached hydrogen (secondary N) is 1. The molecule has 0 spiro atoms. The van der Waals surface area contributed by atoms with Crippen molar-refractivity contribution in [3.05, 3.63) is 40.3 Å². The van der Waals surface area contributed by atoms with Crippen molar-refractivity contribution in [3.8, 4) is 0 Å². The first-order chi connectivity index (χ1) is 14.9. The van der Waals surface area contributed by atoms with E-state index >= 15 is 0 Å². The highest BCUT2D eigenvalue weighted by Crippen LogP contribution is 2.43. The summed E-state index contributed by atoms with van der Waals surface area (Å²) in [6, 6.07) is 8.18. The molecule has 1 saturated heterocycles. The molecule has 7 heteroatoms. The topological polar surface area (TPSA) is 67.9 Å². The maximum atomic E-state index is 13.0. The molecule has 1 aromatic rings. The van der Waals surface area contributed by atoms with Crippen LogP contribution in [-0.2, 0) is 19.1 Å². The Kier molecular flexibility index (Phi) is 8.58. The normalized spacial score (nSPS) is 25.1. The zero-order valence-corrected chi connectivity index (χ0v) is 19.7. The minimum absolute atomic E-state index is 0.0231. The number of rotatable bonds is 8. The SMILES string of the molecule is CCOC(CNC(=O)C1CCC2S/C(=C\c3ccccc3C)C(=O)N(C)C2C1)OCC. The van der Waals surface area contributed by atoms with Gasteiger partial charge in [-0.25, -0.2) is 0 Å². The summed E-state index contributed by atoms with van der Waals surface area (Å²) >= 11 is 1.67. The largest absolute Gasteiger partial charge is 0.351 e. The molecule has 0 bridgehead atoms. The highest BCUT2D eigenvalue weighted by Gasteiger charge is 2.42. The van der Waals surface area contributed by atoms with Gasteiger partial charge in [-0.3, -0.25) is 9.59 Å². The molecule has 1 aliphatic carbocycles. The third-order valence-electron chi connectivity index (χ3n) is 6.06. The van der Waals surface area contributed by atoms with E-state index in [9.17, 15) is 9.59 Å². The number of carbonyl (C=O) groups is 2. The number of benzene rings is 1. The maximum absolute atomic E-state index is 13.0. The number of hydrogen-bond donors (Lipinski definition) is 1. The molecular formula is C24H34N2O4S. The molecule has 1 N–H and O–H groups in total.